The Hall–Kier alpha value is -2.11. The van der Waals surface area contributed by atoms with Gasteiger partial charge >= 0.3 is 0 Å². The number of azide groups is 1. The van der Waals surface area contributed by atoms with Crippen LogP contribution in [0.4, 0.5) is 0 Å². The Kier molecular flexibility index (Phi) is 4.08. The van der Waals surface area contributed by atoms with E-state index in [0.717, 1.165) is 16.9 Å². The van der Waals surface area contributed by atoms with E-state index in [9.17, 15) is 0 Å². The van der Waals surface area contributed by atoms with Crippen LogP contribution >= 0.6 is 0 Å². The molecule has 0 N–H and O–H groups in total. The van der Waals surface area contributed by atoms with Gasteiger partial charge in [-0.2, -0.15) is 0 Å². The molecule has 0 amide bonds. The smallest absolute Gasteiger partial charge is 0.120 e. The van der Waals surface area contributed by atoms with Crippen molar-refractivity contribution in [2.45, 2.75) is 6.92 Å². The van der Waals surface area contributed by atoms with Crippen molar-refractivity contribution in [3.63, 3.8) is 0 Å². The minimum absolute atomic E-state index is 0.188. The fourth-order valence-electron chi connectivity index (χ4n) is 1.06. The number of aryl methyl sites for hydroxylation is 1. The van der Waals surface area contributed by atoms with Gasteiger partial charge < -0.3 is 4.74 Å². The molecule has 0 saturated carbocycles. The van der Waals surface area contributed by atoms with Crippen LogP contribution in [-0.4, -0.2) is 13.7 Å². The molecule has 0 atom stereocenters. The zero-order valence-electron chi connectivity index (χ0n) is 8.69. The van der Waals surface area contributed by atoms with Crippen LogP contribution in [0.5, 0.6) is 5.75 Å². The Balaban J connectivity index is 2.90. The molecule has 4 heteroatoms. The van der Waals surface area contributed by atoms with Gasteiger partial charge in [0.05, 0.1) is 13.7 Å². The summed E-state index contributed by atoms with van der Waals surface area (Å²) >= 11 is 0. The van der Waals surface area contributed by atoms with E-state index in [-0.39, 0.29) is 6.54 Å². The number of hydrogen-bond donors (Lipinski definition) is 0. The molecule has 4 nitrogen and oxygen atoms in total. The molecule has 0 fully saturated rings. The van der Waals surface area contributed by atoms with Crippen molar-refractivity contribution >= 4 is 0 Å². The molecule has 0 saturated heterocycles. The van der Waals surface area contributed by atoms with Crippen molar-refractivity contribution in [3.05, 3.63) is 39.8 Å². The third kappa shape index (κ3) is 3.26. The van der Waals surface area contributed by atoms with E-state index in [2.05, 4.69) is 21.9 Å². The highest BCUT2D eigenvalue weighted by molar-refractivity contribution is 5.45. The van der Waals surface area contributed by atoms with Crippen molar-refractivity contribution < 1.29 is 4.74 Å². The van der Waals surface area contributed by atoms with Crippen LogP contribution < -0.4 is 4.74 Å². The molecule has 1 rings (SSSR count). The lowest BCUT2D eigenvalue weighted by Gasteiger charge is -2.02. The van der Waals surface area contributed by atoms with E-state index >= 15 is 0 Å². The average Bonchev–Trinajstić information content (AvgIpc) is 2.26. The van der Waals surface area contributed by atoms with E-state index in [4.69, 9.17) is 10.3 Å². The van der Waals surface area contributed by atoms with Crippen molar-refractivity contribution in [2.24, 2.45) is 5.11 Å². The number of benzene rings is 1. The summed E-state index contributed by atoms with van der Waals surface area (Å²) in [7, 11) is 1.61. The number of ether oxygens (including phenoxy) is 1. The Morgan fingerprint density at radius 3 is 3.00 bits per heavy atom. The van der Waals surface area contributed by atoms with Crippen molar-refractivity contribution in [2.75, 3.05) is 13.7 Å². The van der Waals surface area contributed by atoms with Gasteiger partial charge in [0.15, 0.2) is 0 Å². The van der Waals surface area contributed by atoms with Crippen LogP contribution in [-0.2, 0) is 0 Å². The zero-order valence-corrected chi connectivity index (χ0v) is 8.69. The first-order valence-electron chi connectivity index (χ1n) is 4.42. The molecule has 76 valence electrons. The van der Waals surface area contributed by atoms with Gasteiger partial charge in [-0.15, -0.1) is 0 Å². The molecule has 0 aliphatic carbocycles. The Morgan fingerprint density at radius 2 is 2.33 bits per heavy atom. The van der Waals surface area contributed by atoms with Crippen LogP contribution in [0.1, 0.15) is 11.1 Å². The maximum atomic E-state index is 8.07. The highest BCUT2D eigenvalue weighted by Crippen LogP contribution is 2.15. The average molecular weight is 201 g/mol. The molecular formula is C11H11N3O. The predicted molar refractivity (Wildman–Crippen MR) is 58.6 cm³/mol. The largest absolute Gasteiger partial charge is 0.497 e. The van der Waals surface area contributed by atoms with Gasteiger partial charge in [-0.25, -0.2) is 0 Å². The van der Waals surface area contributed by atoms with Gasteiger partial charge in [-0.1, -0.05) is 23.0 Å². The molecular weight excluding hydrogens is 190 g/mol. The number of rotatable bonds is 2. The van der Waals surface area contributed by atoms with Crippen molar-refractivity contribution in [3.8, 4) is 17.6 Å². The molecule has 0 unspecified atom stereocenters. The van der Waals surface area contributed by atoms with Crippen molar-refractivity contribution in [1.82, 2.24) is 0 Å². The summed E-state index contributed by atoms with van der Waals surface area (Å²) in [6.45, 7) is 2.16. The second-order valence-corrected chi connectivity index (χ2v) is 2.87. The van der Waals surface area contributed by atoms with Gasteiger partial charge in [0.1, 0.15) is 5.75 Å². The summed E-state index contributed by atoms with van der Waals surface area (Å²) in [5.74, 6) is 6.47. The van der Waals surface area contributed by atoms with E-state index in [1.54, 1.807) is 7.11 Å². The van der Waals surface area contributed by atoms with E-state index in [1.807, 2.05) is 25.1 Å². The maximum absolute atomic E-state index is 8.07. The van der Waals surface area contributed by atoms with E-state index in [1.165, 1.54) is 0 Å². The normalized spacial score (nSPS) is 8.40. The monoisotopic (exact) mass is 201 g/mol. The SMILES string of the molecule is COc1ccc(C)c(C#CCN=[N+]=[N-])c1. The number of hydrogen-bond acceptors (Lipinski definition) is 2. The summed E-state index contributed by atoms with van der Waals surface area (Å²) in [5.41, 5.74) is 10.0. The van der Waals surface area contributed by atoms with Crippen molar-refractivity contribution in [1.29, 1.82) is 0 Å². The summed E-state index contributed by atoms with van der Waals surface area (Å²) < 4.78 is 5.09. The van der Waals surface area contributed by atoms with Gasteiger partial charge in [0.25, 0.3) is 0 Å². The first-order valence-corrected chi connectivity index (χ1v) is 4.42. The molecule has 0 aliphatic rings. The van der Waals surface area contributed by atoms with Crippen LogP contribution in [0.3, 0.4) is 0 Å². The first kappa shape index (κ1) is 11.0. The fourth-order valence-corrected chi connectivity index (χ4v) is 1.06. The third-order valence-electron chi connectivity index (χ3n) is 1.88. The summed E-state index contributed by atoms with van der Waals surface area (Å²) in [6.07, 6.45) is 0. The van der Waals surface area contributed by atoms with Crippen LogP contribution in [0.15, 0.2) is 23.3 Å². The third-order valence-corrected chi connectivity index (χ3v) is 1.88. The van der Waals surface area contributed by atoms with Crippen LogP contribution in [0.2, 0.25) is 0 Å². The number of nitrogens with zero attached hydrogens (tertiary/aromatic N) is 3. The van der Waals surface area contributed by atoms with Crippen LogP contribution in [0.25, 0.3) is 10.4 Å². The molecule has 0 heterocycles. The first-order chi connectivity index (χ1) is 7.27. The second-order valence-electron chi connectivity index (χ2n) is 2.87. The molecule has 0 aromatic heterocycles. The Bertz CT molecular complexity index is 451. The zero-order chi connectivity index (χ0) is 11.1. The van der Waals surface area contributed by atoms with Gasteiger partial charge in [-0.3, -0.25) is 0 Å². The fraction of sp³-hybridized carbons (Fsp3) is 0.273. The molecule has 0 bridgehead atoms. The van der Waals surface area contributed by atoms with Gasteiger partial charge in [-0.05, 0) is 30.2 Å². The highest BCUT2D eigenvalue weighted by Gasteiger charge is 1.96. The minimum atomic E-state index is 0.188. The standard InChI is InChI=1S/C11H11N3O/c1-9-5-6-11(15-2)8-10(9)4-3-7-13-14-12/h5-6,8H,7H2,1-2H3. The Morgan fingerprint density at radius 1 is 1.53 bits per heavy atom. The molecule has 0 spiro atoms. The lowest BCUT2D eigenvalue weighted by atomic mass is 10.1. The van der Waals surface area contributed by atoms with Gasteiger partial charge in [0, 0.05) is 10.5 Å². The molecule has 0 radical (unpaired) electrons. The second kappa shape index (κ2) is 5.58. The van der Waals surface area contributed by atoms with Gasteiger partial charge in [0.2, 0.25) is 0 Å². The number of methoxy groups -OCH3 is 1. The molecule has 1 aromatic carbocycles. The van der Waals surface area contributed by atoms with Crippen LogP contribution in [0, 0.1) is 18.8 Å². The molecule has 15 heavy (non-hydrogen) atoms. The molecule has 1 aromatic rings. The summed E-state index contributed by atoms with van der Waals surface area (Å²) in [4.78, 5) is 2.62. The predicted octanol–water partition coefficient (Wildman–Crippen LogP) is 2.67. The van der Waals surface area contributed by atoms with E-state index in [0.29, 0.717) is 0 Å². The summed E-state index contributed by atoms with van der Waals surface area (Å²) in [5, 5.41) is 3.33. The summed E-state index contributed by atoms with van der Waals surface area (Å²) in [6, 6.07) is 5.68. The topological polar surface area (TPSA) is 58.0 Å². The quantitative estimate of drug-likeness (QED) is 0.314. The minimum Gasteiger partial charge on any atom is -0.497 e. The molecule has 0 aliphatic heterocycles. The lowest BCUT2D eigenvalue weighted by molar-refractivity contribution is 0.414. The maximum Gasteiger partial charge on any atom is 0.120 e. The van der Waals surface area contributed by atoms with E-state index < -0.39 is 0 Å². The highest BCUT2D eigenvalue weighted by atomic mass is 16.5. The Labute approximate surface area is 88.5 Å². The lowest BCUT2D eigenvalue weighted by Crippen LogP contribution is -1.87.